The van der Waals surface area contributed by atoms with E-state index in [2.05, 4.69) is 36.0 Å². The molecule has 4 nitrogen and oxygen atoms in total. The van der Waals surface area contributed by atoms with Gasteiger partial charge in [-0.25, -0.2) is 0 Å². The van der Waals surface area contributed by atoms with E-state index in [1.807, 2.05) is 30.8 Å². The topological polar surface area (TPSA) is 47.1 Å². The van der Waals surface area contributed by atoms with Gasteiger partial charge in [0.1, 0.15) is 10.8 Å². The molecule has 0 bridgehead atoms. The summed E-state index contributed by atoms with van der Waals surface area (Å²) in [6.45, 7) is 6.96. The molecule has 0 atom stereocenters. The van der Waals surface area contributed by atoms with E-state index in [1.54, 1.807) is 0 Å². The van der Waals surface area contributed by atoms with E-state index >= 15 is 0 Å². The van der Waals surface area contributed by atoms with Crippen molar-refractivity contribution >= 4 is 28.7 Å². The molecule has 2 rings (SSSR count). The maximum absolute atomic E-state index is 5.89. The lowest BCUT2D eigenvalue weighted by Gasteiger charge is -2.26. The van der Waals surface area contributed by atoms with Crippen LogP contribution in [0.3, 0.4) is 0 Å². The second-order valence-corrected chi connectivity index (χ2v) is 5.24. The van der Waals surface area contributed by atoms with Crippen molar-refractivity contribution in [2.45, 2.75) is 20.8 Å². The number of rotatable bonds is 4. The van der Waals surface area contributed by atoms with E-state index in [1.165, 1.54) is 5.56 Å². The molecule has 20 heavy (non-hydrogen) atoms. The van der Waals surface area contributed by atoms with Crippen molar-refractivity contribution in [3.05, 3.63) is 41.1 Å². The molecule has 2 N–H and O–H groups in total. The van der Waals surface area contributed by atoms with Crippen LogP contribution in [0.15, 0.2) is 24.3 Å². The molecular weight excluding hydrogens is 268 g/mol. The summed E-state index contributed by atoms with van der Waals surface area (Å²) in [5, 5.41) is 4.46. The lowest BCUT2D eigenvalue weighted by Crippen LogP contribution is -2.23. The average Bonchev–Trinajstić information content (AvgIpc) is 2.68. The highest BCUT2D eigenvalue weighted by molar-refractivity contribution is 7.80. The first-order chi connectivity index (χ1) is 9.47. The zero-order chi connectivity index (χ0) is 14.9. The van der Waals surface area contributed by atoms with Crippen LogP contribution in [0.1, 0.15) is 23.7 Å². The monoisotopic (exact) mass is 288 g/mol. The number of para-hydroxylation sites is 1. The van der Waals surface area contributed by atoms with Gasteiger partial charge in [0.05, 0.1) is 11.3 Å². The fourth-order valence-electron chi connectivity index (χ4n) is 2.54. The SMILES string of the molecule is CCN(c1ccccc1C)c1c(C(N)=S)c(C)nn1C. The van der Waals surface area contributed by atoms with Gasteiger partial charge in [0.2, 0.25) is 0 Å². The third-order valence-electron chi connectivity index (χ3n) is 3.42. The van der Waals surface area contributed by atoms with E-state index in [-0.39, 0.29) is 0 Å². The first-order valence-electron chi connectivity index (χ1n) is 6.64. The number of hydrogen-bond donors (Lipinski definition) is 1. The van der Waals surface area contributed by atoms with Gasteiger partial charge >= 0.3 is 0 Å². The molecule has 0 radical (unpaired) electrons. The highest BCUT2D eigenvalue weighted by Crippen LogP contribution is 2.31. The van der Waals surface area contributed by atoms with Gasteiger partial charge in [-0.2, -0.15) is 5.10 Å². The summed E-state index contributed by atoms with van der Waals surface area (Å²) in [6, 6.07) is 8.27. The normalized spacial score (nSPS) is 10.6. The molecule has 0 saturated carbocycles. The minimum absolute atomic E-state index is 0.387. The Morgan fingerprint density at radius 3 is 2.55 bits per heavy atom. The summed E-state index contributed by atoms with van der Waals surface area (Å²) in [6.07, 6.45) is 0. The number of anilines is 2. The smallest absolute Gasteiger partial charge is 0.141 e. The molecule has 5 heteroatoms. The molecule has 1 heterocycles. The molecule has 1 aromatic heterocycles. The van der Waals surface area contributed by atoms with E-state index in [9.17, 15) is 0 Å². The average molecular weight is 288 g/mol. The fraction of sp³-hybridized carbons (Fsp3) is 0.333. The minimum atomic E-state index is 0.387. The van der Waals surface area contributed by atoms with Crippen LogP contribution < -0.4 is 10.6 Å². The molecule has 0 saturated heterocycles. The summed E-state index contributed by atoms with van der Waals surface area (Å²) in [5.74, 6) is 0.951. The Morgan fingerprint density at radius 1 is 1.35 bits per heavy atom. The van der Waals surface area contributed by atoms with Gasteiger partial charge in [0.15, 0.2) is 0 Å². The summed E-state index contributed by atoms with van der Waals surface area (Å²) < 4.78 is 1.85. The van der Waals surface area contributed by atoms with Crippen LogP contribution in [-0.4, -0.2) is 21.3 Å². The van der Waals surface area contributed by atoms with E-state index in [0.717, 1.165) is 29.3 Å². The third kappa shape index (κ3) is 2.41. The summed E-state index contributed by atoms with van der Waals surface area (Å²) in [4.78, 5) is 2.58. The molecule has 0 aliphatic heterocycles. The lowest BCUT2D eigenvalue weighted by atomic mass is 10.1. The molecule has 0 aliphatic carbocycles. The highest BCUT2D eigenvalue weighted by Gasteiger charge is 2.22. The highest BCUT2D eigenvalue weighted by atomic mass is 32.1. The quantitative estimate of drug-likeness (QED) is 0.879. The summed E-state index contributed by atoms with van der Waals surface area (Å²) in [7, 11) is 1.92. The predicted molar refractivity (Wildman–Crippen MR) is 87.7 cm³/mol. The molecule has 0 aliphatic rings. The Hall–Kier alpha value is -1.88. The number of aromatic nitrogens is 2. The first-order valence-corrected chi connectivity index (χ1v) is 7.04. The summed E-state index contributed by atoms with van der Waals surface area (Å²) in [5.41, 5.74) is 9.96. The van der Waals surface area contributed by atoms with Crippen molar-refractivity contribution in [1.29, 1.82) is 0 Å². The van der Waals surface area contributed by atoms with Crippen molar-refractivity contribution in [2.24, 2.45) is 12.8 Å². The molecule has 0 fully saturated rings. The number of aryl methyl sites for hydroxylation is 3. The zero-order valence-electron chi connectivity index (χ0n) is 12.3. The maximum Gasteiger partial charge on any atom is 0.141 e. The van der Waals surface area contributed by atoms with Crippen LogP contribution in [0.5, 0.6) is 0 Å². The molecule has 2 aromatic rings. The van der Waals surface area contributed by atoms with Gasteiger partial charge in [-0.15, -0.1) is 0 Å². The van der Waals surface area contributed by atoms with Crippen LogP contribution >= 0.6 is 12.2 Å². The number of nitrogens with zero attached hydrogens (tertiary/aromatic N) is 3. The largest absolute Gasteiger partial charge is 0.389 e. The fourth-order valence-corrected chi connectivity index (χ4v) is 2.78. The van der Waals surface area contributed by atoms with Crippen molar-refractivity contribution in [3.63, 3.8) is 0 Å². The Morgan fingerprint density at radius 2 is 2.00 bits per heavy atom. The number of thiocarbonyl (C=S) groups is 1. The third-order valence-corrected chi connectivity index (χ3v) is 3.62. The Kier molecular flexibility index (Phi) is 4.09. The van der Waals surface area contributed by atoms with Crippen LogP contribution in [0.25, 0.3) is 0 Å². The predicted octanol–water partition coefficient (Wildman–Crippen LogP) is 2.83. The van der Waals surface area contributed by atoms with Crippen LogP contribution in [0.2, 0.25) is 0 Å². The molecule has 1 aromatic carbocycles. The molecule has 0 unspecified atom stereocenters. The number of nitrogens with two attached hydrogens (primary N) is 1. The lowest BCUT2D eigenvalue weighted by molar-refractivity contribution is 0.741. The summed E-state index contributed by atoms with van der Waals surface area (Å²) >= 11 is 5.20. The molecule has 0 amide bonds. The second-order valence-electron chi connectivity index (χ2n) is 4.80. The van der Waals surface area contributed by atoms with Crippen LogP contribution in [0, 0.1) is 13.8 Å². The van der Waals surface area contributed by atoms with E-state index in [0.29, 0.717) is 4.99 Å². The van der Waals surface area contributed by atoms with Crippen molar-refractivity contribution in [3.8, 4) is 0 Å². The Labute approximate surface area is 125 Å². The van der Waals surface area contributed by atoms with Crippen molar-refractivity contribution in [1.82, 2.24) is 9.78 Å². The van der Waals surface area contributed by atoms with E-state index < -0.39 is 0 Å². The standard InChI is InChI=1S/C15H20N4S/c1-5-19(12-9-7-6-8-10(12)2)15-13(14(16)20)11(3)17-18(15)4/h6-9H,5H2,1-4H3,(H2,16,20). The van der Waals surface area contributed by atoms with E-state index in [4.69, 9.17) is 18.0 Å². The Balaban J connectivity index is 2.65. The van der Waals surface area contributed by atoms with Crippen molar-refractivity contribution in [2.75, 3.05) is 11.4 Å². The zero-order valence-corrected chi connectivity index (χ0v) is 13.2. The minimum Gasteiger partial charge on any atom is -0.389 e. The molecule has 0 spiro atoms. The maximum atomic E-state index is 5.89. The first kappa shape index (κ1) is 14.5. The van der Waals surface area contributed by atoms with Crippen molar-refractivity contribution < 1.29 is 0 Å². The molecular formula is C15H20N4S. The van der Waals surface area contributed by atoms with Gasteiger partial charge in [0, 0.05) is 19.3 Å². The number of benzene rings is 1. The van der Waals surface area contributed by atoms with Gasteiger partial charge in [-0.05, 0) is 32.4 Å². The molecule has 106 valence electrons. The van der Waals surface area contributed by atoms with Gasteiger partial charge in [0.25, 0.3) is 0 Å². The second kappa shape index (κ2) is 5.63. The van der Waals surface area contributed by atoms with Gasteiger partial charge < -0.3 is 10.6 Å². The van der Waals surface area contributed by atoms with Crippen LogP contribution in [-0.2, 0) is 7.05 Å². The van der Waals surface area contributed by atoms with Gasteiger partial charge in [-0.1, -0.05) is 30.4 Å². The van der Waals surface area contributed by atoms with Crippen LogP contribution in [0.4, 0.5) is 11.5 Å². The van der Waals surface area contributed by atoms with Gasteiger partial charge in [-0.3, -0.25) is 4.68 Å². The number of hydrogen-bond acceptors (Lipinski definition) is 3. The Bertz CT molecular complexity index is 645.